The number of nitrogens with two attached hydrogens (primary N) is 1. The molecule has 8 aromatic carbocycles. The molecule has 2 aliphatic rings. The third-order valence-corrected chi connectivity index (χ3v) is 13.5. The predicted octanol–water partition coefficient (Wildman–Crippen LogP) is 12.8. The summed E-state index contributed by atoms with van der Waals surface area (Å²) < 4.78 is 7.61. The molecule has 0 saturated heterocycles. The molecular formula is C58H44N5+. The van der Waals surface area contributed by atoms with Gasteiger partial charge in [-0.1, -0.05) is 146 Å². The molecule has 1 aliphatic heterocycles. The van der Waals surface area contributed by atoms with Gasteiger partial charge in [-0.3, -0.25) is 10.6 Å². The minimum atomic E-state index is -0.104. The summed E-state index contributed by atoms with van der Waals surface area (Å²) in [6, 6.07) is 69.4. The molecule has 5 heteroatoms. The van der Waals surface area contributed by atoms with Gasteiger partial charge in [-0.25, -0.2) is 0 Å². The molecule has 63 heavy (non-hydrogen) atoms. The molecule has 300 valence electrons. The Kier molecular flexibility index (Phi) is 8.26. The molecule has 0 amide bonds. The fraction of sp³-hybridized carbons (Fsp3) is 0.0690. The van der Waals surface area contributed by atoms with Crippen molar-refractivity contribution in [1.29, 1.82) is 0 Å². The summed E-state index contributed by atoms with van der Waals surface area (Å²) in [5.74, 6) is 0. The SMILES string of the molecule is C1=CCCC(C2C=C(c3ccccc3)[NH2+]C(c3cc(-n4c5ccccc5c5ccccc54)c(-n4c5ccccc5c5ccccc54)c(-n4c5ccccc5c5ccccc54)c3)N2)=C1. The van der Waals surface area contributed by atoms with Crippen LogP contribution in [0.5, 0.6) is 0 Å². The minimum Gasteiger partial charge on any atom is -0.307 e. The van der Waals surface area contributed by atoms with Gasteiger partial charge in [-0.15, -0.1) is 0 Å². The lowest BCUT2D eigenvalue weighted by molar-refractivity contribution is -0.620. The molecule has 0 radical (unpaired) electrons. The number of nitrogens with zero attached hydrogens (tertiary/aromatic N) is 3. The second kappa shape index (κ2) is 14.5. The molecule has 3 aromatic heterocycles. The van der Waals surface area contributed by atoms with E-state index in [1.165, 1.54) is 87.8 Å². The van der Waals surface area contributed by atoms with Gasteiger partial charge < -0.3 is 13.7 Å². The van der Waals surface area contributed by atoms with E-state index in [0.717, 1.165) is 29.9 Å². The molecular weight excluding hydrogens is 767 g/mol. The topological polar surface area (TPSA) is 43.4 Å². The van der Waals surface area contributed by atoms with Crippen molar-refractivity contribution >= 4 is 71.1 Å². The lowest BCUT2D eigenvalue weighted by Crippen LogP contribution is -2.87. The Balaban J connectivity index is 1.20. The van der Waals surface area contributed by atoms with E-state index < -0.39 is 0 Å². The summed E-state index contributed by atoms with van der Waals surface area (Å²) in [6.07, 6.45) is 11.2. The molecule has 0 saturated carbocycles. The summed E-state index contributed by atoms with van der Waals surface area (Å²) in [6.45, 7) is 0. The van der Waals surface area contributed by atoms with Crippen LogP contribution in [0.4, 0.5) is 0 Å². The lowest BCUT2D eigenvalue weighted by Gasteiger charge is -2.32. The van der Waals surface area contributed by atoms with Gasteiger partial charge in [0.05, 0.1) is 56.2 Å². The number of nitrogens with one attached hydrogen (secondary N) is 1. The molecule has 4 heterocycles. The second-order valence-electron chi connectivity index (χ2n) is 17.0. The lowest BCUT2D eigenvalue weighted by atomic mass is 9.93. The Morgan fingerprint density at radius 3 is 1.30 bits per heavy atom. The number of para-hydroxylation sites is 6. The first kappa shape index (κ1) is 36.0. The van der Waals surface area contributed by atoms with Crippen molar-refractivity contribution in [2.24, 2.45) is 0 Å². The summed E-state index contributed by atoms with van der Waals surface area (Å²) in [5.41, 5.74) is 15.5. The first-order valence-corrected chi connectivity index (χ1v) is 22.2. The second-order valence-corrected chi connectivity index (χ2v) is 17.0. The molecule has 0 spiro atoms. The largest absolute Gasteiger partial charge is 0.307 e. The predicted molar refractivity (Wildman–Crippen MR) is 262 cm³/mol. The van der Waals surface area contributed by atoms with Gasteiger partial charge in [0.2, 0.25) is 0 Å². The van der Waals surface area contributed by atoms with E-state index in [0.29, 0.717) is 0 Å². The minimum absolute atomic E-state index is 0.0746. The van der Waals surface area contributed by atoms with Crippen LogP contribution in [0.2, 0.25) is 0 Å². The number of hydrogen-bond acceptors (Lipinski definition) is 1. The average Bonchev–Trinajstić information content (AvgIpc) is 4.00. The van der Waals surface area contributed by atoms with Crippen LogP contribution in [0.25, 0.3) is 88.2 Å². The molecule has 2 unspecified atom stereocenters. The van der Waals surface area contributed by atoms with E-state index >= 15 is 0 Å². The molecule has 1 aliphatic carbocycles. The van der Waals surface area contributed by atoms with Crippen LogP contribution in [0, 0.1) is 0 Å². The summed E-state index contributed by atoms with van der Waals surface area (Å²) in [5, 5.41) is 14.0. The monoisotopic (exact) mass is 810 g/mol. The van der Waals surface area contributed by atoms with Crippen molar-refractivity contribution in [1.82, 2.24) is 19.0 Å². The fourth-order valence-corrected chi connectivity index (χ4v) is 10.7. The van der Waals surface area contributed by atoms with E-state index in [1.807, 2.05) is 0 Å². The fourth-order valence-electron chi connectivity index (χ4n) is 10.7. The highest BCUT2D eigenvalue weighted by molar-refractivity contribution is 6.13. The molecule has 13 rings (SSSR count). The third-order valence-electron chi connectivity index (χ3n) is 13.5. The van der Waals surface area contributed by atoms with Crippen LogP contribution in [-0.2, 0) is 0 Å². The zero-order chi connectivity index (χ0) is 41.4. The van der Waals surface area contributed by atoms with Gasteiger partial charge in [0.15, 0.2) is 6.17 Å². The zero-order valence-corrected chi connectivity index (χ0v) is 34.7. The van der Waals surface area contributed by atoms with Gasteiger partial charge in [0, 0.05) is 43.4 Å². The smallest absolute Gasteiger partial charge is 0.171 e. The van der Waals surface area contributed by atoms with Crippen LogP contribution < -0.4 is 10.6 Å². The average molecular weight is 811 g/mol. The summed E-state index contributed by atoms with van der Waals surface area (Å²) >= 11 is 0. The van der Waals surface area contributed by atoms with E-state index in [4.69, 9.17) is 0 Å². The highest BCUT2D eigenvalue weighted by atomic mass is 15.2. The van der Waals surface area contributed by atoms with Crippen molar-refractivity contribution in [2.45, 2.75) is 25.0 Å². The molecule has 11 aromatic rings. The number of benzene rings is 8. The van der Waals surface area contributed by atoms with Gasteiger partial charge in [0.1, 0.15) is 5.70 Å². The molecule has 3 N–H and O–H groups in total. The Labute approximate surface area is 365 Å². The first-order chi connectivity index (χ1) is 31.3. The normalized spacial score (nSPS) is 16.8. The number of allylic oxidation sites excluding steroid dienone is 3. The van der Waals surface area contributed by atoms with E-state index in [9.17, 15) is 0 Å². The van der Waals surface area contributed by atoms with Crippen LogP contribution in [-0.4, -0.2) is 19.7 Å². The van der Waals surface area contributed by atoms with Crippen molar-refractivity contribution < 1.29 is 5.32 Å². The van der Waals surface area contributed by atoms with Gasteiger partial charge in [0.25, 0.3) is 0 Å². The number of hydrogen-bond donors (Lipinski definition) is 2. The quantitative estimate of drug-likeness (QED) is 0.173. The number of aromatic nitrogens is 3. The maximum atomic E-state index is 4.19. The first-order valence-electron chi connectivity index (χ1n) is 22.2. The Morgan fingerprint density at radius 2 is 0.873 bits per heavy atom. The van der Waals surface area contributed by atoms with Gasteiger partial charge >= 0.3 is 0 Å². The Bertz CT molecular complexity index is 3410. The van der Waals surface area contributed by atoms with E-state index in [1.54, 1.807) is 0 Å². The van der Waals surface area contributed by atoms with Crippen LogP contribution >= 0.6 is 0 Å². The highest BCUT2D eigenvalue weighted by Crippen LogP contribution is 2.44. The third kappa shape index (κ3) is 5.64. The molecule has 5 nitrogen and oxygen atoms in total. The van der Waals surface area contributed by atoms with Crippen molar-refractivity contribution in [3.63, 3.8) is 0 Å². The summed E-state index contributed by atoms with van der Waals surface area (Å²) in [7, 11) is 0. The summed E-state index contributed by atoms with van der Waals surface area (Å²) in [4.78, 5) is 0. The standard InChI is InChI=1S/C58H43N5/c1-3-19-38(20-4-1)47-37-48(39-21-5-2-6-22-39)60-58(59-47)40-35-55(61-49-29-13-7-23-41(49)42-24-8-14-30-50(42)61)57(63-53-33-17-11-27-45(53)46-28-12-18-34-54(46)63)56(36-40)62-51-31-15-9-25-43(51)44-26-10-16-32-52(44)62/h1-5,7-21,23-37,48,58-60H,6,22H2/p+1. The van der Waals surface area contributed by atoms with Gasteiger partial charge in [-0.2, -0.15) is 0 Å². The van der Waals surface area contributed by atoms with E-state index in [-0.39, 0.29) is 12.2 Å². The molecule has 0 bridgehead atoms. The van der Waals surface area contributed by atoms with Crippen LogP contribution in [0.3, 0.4) is 0 Å². The van der Waals surface area contributed by atoms with Crippen molar-refractivity contribution in [3.8, 4) is 17.1 Å². The zero-order valence-electron chi connectivity index (χ0n) is 34.7. The van der Waals surface area contributed by atoms with Gasteiger partial charge in [-0.05, 0) is 85.2 Å². The maximum absolute atomic E-state index is 4.19. The molecule has 2 atom stereocenters. The number of rotatable bonds is 6. The maximum Gasteiger partial charge on any atom is 0.171 e. The van der Waals surface area contributed by atoms with Crippen molar-refractivity contribution in [3.05, 3.63) is 229 Å². The number of fused-ring (bicyclic) bond motifs is 9. The molecule has 0 fully saturated rings. The van der Waals surface area contributed by atoms with Crippen LogP contribution in [0.1, 0.15) is 30.1 Å². The van der Waals surface area contributed by atoms with E-state index in [2.05, 4.69) is 237 Å². The van der Waals surface area contributed by atoms with Crippen molar-refractivity contribution in [2.75, 3.05) is 0 Å². The van der Waals surface area contributed by atoms with Crippen LogP contribution in [0.15, 0.2) is 218 Å². The number of quaternary nitrogens is 1. The highest BCUT2D eigenvalue weighted by Gasteiger charge is 2.33. The Hall–Kier alpha value is -7.70. The Morgan fingerprint density at radius 1 is 0.460 bits per heavy atom.